The molecule has 0 radical (unpaired) electrons. The monoisotopic (exact) mass is 153 g/mol. The molecule has 1 heterocycles. The molecule has 0 atom stereocenters. The Morgan fingerprint density at radius 1 is 1.73 bits per heavy atom. The van der Waals surface area contributed by atoms with E-state index in [0.29, 0.717) is 5.82 Å². The van der Waals surface area contributed by atoms with E-state index >= 15 is 0 Å². The lowest BCUT2D eigenvalue weighted by Gasteiger charge is -1.98. The summed E-state index contributed by atoms with van der Waals surface area (Å²) in [5.74, 6) is 0.379. The second-order valence-corrected chi connectivity index (χ2v) is 2.17. The summed E-state index contributed by atoms with van der Waals surface area (Å²) in [6.07, 6.45) is 2.45. The predicted octanol–water partition coefficient (Wildman–Crippen LogP) is 0.374. The van der Waals surface area contributed by atoms with Crippen LogP contribution in [0.5, 0.6) is 0 Å². The number of aryl methyl sites for hydroxylation is 1. The third-order valence-electron chi connectivity index (χ3n) is 1.44. The molecule has 1 rings (SSSR count). The van der Waals surface area contributed by atoms with Crippen molar-refractivity contribution in [2.24, 2.45) is 0 Å². The van der Waals surface area contributed by atoms with Gasteiger partial charge in [-0.15, -0.1) is 0 Å². The minimum Gasteiger partial charge on any atom is -0.369 e. The minimum atomic E-state index is -0.176. The van der Waals surface area contributed by atoms with E-state index in [1.807, 2.05) is 6.92 Å². The van der Waals surface area contributed by atoms with Crippen molar-refractivity contribution in [3.63, 3.8) is 0 Å². The van der Waals surface area contributed by atoms with E-state index in [2.05, 4.69) is 15.3 Å². The lowest BCUT2D eigenvalue weighted by Crippen LogP contribution is -2.14. The van der Waals surface area contributed by atoms with Crippen LogP contribution in [0.15, 0.2) is 11.0 Å². The van der Waals surface area contributed by atoms with Gasteiger partial charge >= 0.3 is 0 Å². The first-order valence-electron chi connectivity index (χ1n) is 3.54. The summed E-state index contributed by atoms with van der Waals surface area (Å²) in [5.41, 5.74) is 0.707. The first-order chi connectivity index (χ1) is 5.27. The Morgan fingerprint density at radius 2 is 2.45 bits per heavy atom. The molecule has 4 heteroatoms. The lowest BCUT2D eigenvalue weighted by molar-refractivity contribution is 0.982. The second kappa shape index (κ2) is 3.18. The van der Waals surface area contributed by atoms with Gasteiger partial charge in [0.2, 0.25) is 0 Å². The van der Waals surface area contributed by atoms with E-state index < -0.39 is 0 Å². The van der Waals surface area contributed by atoms with Crippen LogP contribution >= 0.6 is 0 Å². The van der Waals surface area contributed by atoms with E-state index in [-0.39, 0.29) is 5.56 Å². The Balaban J connectivity index is 3.13. The van der Waals surface area contributed by atoms with E-state index in [1.165, 1.54) is 0 Å². The summed E-state index contributed by atoms with van der Waals surface area (Å²) in [5, 5.41) is 2.72. The number of rotatable bonds is 2. The van der Waals surface area contributed by atoms with Gasteiger partial charge in [-0.25, -0.2) is 4.98 Å². The SMILES string of the molecule is CCc1c[nH]c(=O)c(NC)n1. The standard InChI is InChI=1S/C7H11N3O/c1-3-5-4-9-7(11)6(8-2)10-5/h4H,3H2,1-2H3,(H,8,10)(H,9,11). The Kier molecular flexibility index (Phi) is 2.25. The Bertz CT molecular complexity index is 292. The molecule has 0 amide bonds. The Hall–Kier alpha value is -1.32. The van der Waals surface area contributed by atoms with Crippen LogP contribution < -0.4 is 10.9 Å². The summed E-state index contributed by atoms with van der Waals surface area (Å²) in [6, 6.07) is 0. The van der Waals surface area contributed by atoms with E-state index in [4.69, 9.17) is 0 Å². The Morgan fingerprint density at radius 3 is 3.00 bits per heavy atom. The molecule has 2 N–H and O–H groups in total. The van der Waals surface area contributed by atoms with Gasteiger partial charge in [0.15, 0.2) is 5.82 Å². The first kappa shape index (κ1) is 7.78. The normalized spacial score (nSPS) is 9.64. The number of nitrogens with zero attached hydrogens (tertiary/aromatic N) is 1. The van der Waals surface area contributed by atoms with E-state index in [1.54, 1.807) is 13.2 Å². The highest BCUT2D eigenvalue weighted by Crippen LogP contribution is 1.94. The van der Waals surface area contributed by atoms with Gasteiger partial charge < -0.3 is 10.3 Å². The van der Waals surface area contributed by atoms with Crippen LogP contribution in [-0.2, 0) is 6.42 Å². The van der Waals surface area contributed by atoms with Crippen molar-refractivity contribution in [1.29, 1.82) is 0 Å². The third-order valence-corrected chi connectivity index (χ3v) is 1.44. The van der Waals surface area contributed by atoms with Gasteiger partial charge in [-0.05, 0) is 6.42 Å². The molecule has 0 fully saturated rings. The summed E-state index contributed by atoms with van der Waals surface area (Å²) in [6.45, 7) is 1.99. The smallest absolute Gasteiger partial charge is 0.290 e. The van der Waals surface area contributed by atoms with Crippen LogP contribution in [0.2, 0.25) is 0 Å². The van der Waals surface area contributed by atoms with Crippen LogP contribution in [0.25, 0.3) is 0 Å². The number of anilines is 1. The zero-order valence-electron chi connectivity index (χ0n) is 6.64. The maximum atomic E-state index is 10.9. The molecule has 0 aliphatic rings. The molecule has 0 aliphatic heterocycles. The van der Waals surface area contributed by atoms with Crippen molar-refractivity contribution in [1.82, 2.24) is 9.97 Å². The van der Waals surface area contributed by atoms with Crippen molar-refractivity contribution in [2.75, 3.05) is 12.4 Å². The summed E-state index contributed by atoms with van der Waals surface area (Å²) in [7, 11) is 1.68. The number of nitrogens with one attached hydrogen (secondary N) is 2. The van der Waals surface area contributed by atoms with Crippen LogP contribution in [-0.4, -0.2) is 17.0 Å². The molecule has 1 aromatic heterocycles. The highest BCUT2D eigenvalue weighted by molar-refractivity contribution is 5.30. The fraction of sp³-hybridized carbons (Fsp3) is 0.429. The minimum absolute atomic E-state index is 0.176. The van der Waals surface area contributed by atoms with Crippen LogP contribution in [0.4, 0.5) is 5.82 Å². The molecule has 0 spiro atoms. The zero-order valence-corrected chi connectivity index (χ0v) is 6.64. The lowest BCUT2D eigenvalue weighted by atomic mass is 10.3. The summed E-state index contributed by atoms with van der Waals surface area (Å²) in [4.78, 5) is 17.6. The molecule has 11 heavy (non-hydrogen) atoms. The molecule has 0 saturated carbocycles. The molecule has 4 nitrogen and oxygen atoms in total. The van der Waals surface area contributed by atoms with Crippen LogP contribution in [0.1, 0.15) is 12.6 Å². The summed E-state index contributed by atoms with van der Waals surface area (Å²) >= 11 is 0. The van der Waals surface area contributed by atoms with Gasteiger partial charge in [-0.1, -0.05) is 6.92 Å². The molecular formula is C7H11N3O. The van der Waals surface area contributed by atoms with Crippen molar-refractivity contribution in [3.05, 3.63) is 22.2 Å². The quantitative estimate of drug-likeness (QED) is 0.645. The number of hydrogen-bond donors (Lipinski definition) is 2. The molecular weight excluding hydrogens is 142 g/mol. The van der Waals surface area contributed by atoms with Gasteiger partial charge in [0.05, 0.1) is 5.69 Å². The van der Waals surface area contributed by atoms with E-state index in [0.717, 1.165) is 12.1 Å². The molecule has 0 aliphatic carbocycles. The van der Waals surface area contributed by atoms with Crippen LogP contribution in [0, 0.1) is 0 Å². The molecule has 60 valence electrons. The topological polar surface area (TPSA) is 57.8 Å². The molecule has 0 bridgehead atoms. The van der Waals surface area contributed by atoms with Crippen molar-refractivity contribution in [2.45, 2.75) is 13.3 Å². The van der Waals surface area contributed by atoms with Gasteiger partial charge in [-0.2, -0.15) is 0 Å². The van der Waals surface area contributed by atoms with Crippen molar-refractivity contribution < 1.29 is 0 Å². The van der Waals surface area contributed by atoms with Crippen LogP contribution in [0.3, 0.4) is 0 Å². The second-order valence-electron chi connectivity index (χ2n) is 2.17. The maximum absolute atomic E-state index is 10.9. The predicted molar refractivity (Wildman–Crippen MR) is 43.8 cm³/mol. The fourth-order valence-electron chi connectivity index (χ4n) is 0.794. The third kappa shape index (κ3) is 1.58. The number of aromatic nitrogens is 2. The van der Waals surface area contributed by atoms with Gasteiger partial charge in [0.1, 0.15) is 0 Å². The number of hydrogen-bond acceptors (Lipinski definition) is 3. The van der Waals surface area contributed by atoms with Gasteiger partial charge in [0.25, 0.3) is 5.56 Å². The van der Waals surface area contributed by atoms with Gasteiger partial charge in [-0.3, -0.25) is 4.79 Å². The largest absolute Gasteiger partial charge is 0.369 e. The first-order valence-corrected chi connectivity index (χ1v) is 3.54. The maximum Gasteiger partial charge on any atom is 0.290 e. The Labute approximate surface area is 64.7 Å². The number of H-pyrrole nitrogens is 1. The molecule has 1 aromatic rings. The zero-order chi connectivity index (χ0) is 8.27. The molecule has 0 aromatic carbocycles. The fourth-order valence-corrected chi connectivity index (χ4v) is 0.794. The van der Waals surface area contributed by atoms with Gasteiger partial charge in [0, 0.05) is 13.2 Å². The summed E-state index contributed by atoms with van der Waals surface area (Å²) < 4.78 is 0. The van der Waals surface area contributed by atoms with Crippen molar-refractivity contribution in [3.8, 4) is 0 Å². The number of aromatic amines is 1. The highest BCUT2D eigenvalue weighted by Gasteiger charge is 1.97. The molecule has 0 saturated heterocycles. The average Bonchev–Trinajstić information content (AvgIpc) is 2.05. The van der Waals surface area contributed by atoms with Crippen molar-refractivity contribution >= 4 is 5.82 Å². The highest BCUT2D eigenvalue weighted by atomic mass is 16.1. The van der Waals surface area contributed by atoms with E-state index in [9.17, 15) is 4.79 Å². The average molecular weight is 153 g/mol. The molecule has 0 unspecified atom stereocenters.